The van der Waals surface area contributed by atoms with Crippen LogP contribution in [0.5, 0.6) is 5.75 Å². The van der Waals surface area contributed by atoms with Crippen LogP contribution in [0.2, 0.25) is 0 Å². The summed E-state index contributed by atoms with van der Waals surface area (Å²) in [5.74, 6) is 0.324. The van der Waals surface area contributed by atoms with E-state index in [1.807, 2.05) is 26.2 Å². The molecular weight excluding hydrogens is 260 g/mol. The van der Waals surface area contributed by atoms with E-state index in [4.69, 9.17) is 0 Å². The number of nitrogens with one attached hydrogen (secondary N) is 1. The molecule has 2 aromatic carbocycles. The summed E-state index contributed by atoms with van der Waals surface area (Å²) in [6.07, 6.45) is 2.05. The molecular formula is C18H24N2O. The predicted octanol–water partition coefficient (Wildman–Crippen LogP) is 3.89. The molecule has 0 spiro atoms. The SMILES string of the molecule is CC(CCc1ccc(O)cc1)Nc1cccc(N(C)C)c1. The van der Waals surface area contributed by atoms with Crippen LogP contribution >= 0.6 is 0 Å². The average molecular weight is 284 g/mol. The van der Waals surface area contributed by atoms with Gasteiger partial charge in [-0.05, 0) is 55.7 Å². The summed E-state index contributed by atoms with van der Waals surface area (Å²) < 4.78 is 0. The van der Waals surface area contributed by atoms with Crippen LogP contribution in [0.3, 0.4) is 0 Å². The fraction of sp³-hybridized carbons (Fsp3) is 0.333. The fourth-order valence-corrected chi connectivity index (χ4v) is 2.28. The fourth-order valence-electron chi connectivity index (χ4n) is 2.28. The minimum absolute atomic E-state index is 0.324. The summed E-state index contributed by atoms with van der Waals surface area (Å²) >= 11 is 0. The van der Waals surface area contributed by atoms with Crippen molar-refractivity contribution < 1.29 is 5.11 Å². The predicted molar refractivity (Wildman–Crippen MR) is 90.3 cm³/mol. The van der Waals surface area contributed by atoms with Gasteiger partial charge in [-0.3, -0.25) is 0 Å². The number of hydrogen-bond donors (Lipinski definition) is 2. The number of phenols is 1. The van der Waals surface area contributed by atoms with E-state index < -0.39 is 0 Å². The Bertz CT molecular complexity index is 564. The minimum atomic E-state index is 0.324. The number of benzene rings is 2. The molecule has 1 unspecified atom stereocenters. The van der Waals surface area contributed by atoms with E-state index in [2.05, 4.69) is 41.4 Å². The van der Waals surface area contributed by atoms with Crippen LogP contribution in [0, 0.1) is 0 Å². The van der Waals surface area contributed by atoms with Gasteiger partial charge in [0.05, 0.1) is 0 Å². The number of rotatable bonds is 6. The largest absolute Gasteiger partial charge is 0.508 e. The van der Waals surface area contributed by atoms with Gasteiger partial charge in [0.1, 0.15) is 5.75 Å². The summed E-state index contributed by atoms with van der Waals surface area (Å²) in [7, 11) is 4.10. The summed E-state index contributed by atoms with van der Waals surface area (Å²) in [5.41, 5.74) is 3.61. The van der Waals surface area contributed by atoms with Crippen molar-refractivity contribution in [1.29, 1.82) is 0 Å². The Morgan fingerprint density at radius 3 is 2.48 bits per heavy atom. The average Bonchev–Trinajstić information content (AvgIpc) is 2.47. The number of aromatic hydroxyl groups is 1. The lowest BCUT2D eigenvalue weighted by atomic mass is 10.1. The molecule has 0 fully saturated rings. The van der Waals surface area contributed by atoms with E-state index in [1.165, 1.54) is 11.3 Å². The molecule has 112 valence electrons. The van der Waals surface area contributed by atoms with Gasteiger partial charge in [0.2, 0.25) is 0 Å². The molecule has 0 aromatic heterocycles. The second kappa shape index (κ2) is 7.02. The first-order valence-electron chi connectivity index (χ1n) is 7.36. The van der Waals surface area contributed by atoms with E-state index in [1.54, 1.807) is 12.1 Å². The van der Waals surface area contributed by atoms with Gasteiger partial charge in [-0.2, -0.15) is 0 Å². The molecule has 1 atom stereocenters. The van der Waals surface area contributed by atoms with Crippen LogP contribution in [0.25, 0.3) is 0 Å². The Morgan fingerprint density at radius 2 is 1.81 bits per heavy atom. The third-order valence-electron chi connectivity index (χ3n) is 3.58. The van der Waals surface area contributed by atoms with Crippen LogP contribution in [-0.2, 0) is 6.42 Å². The first-order valence-corrected chi connectivity index (χ1v) is 7.36. The number of hydrogen-bond acceptors (Lipinski definition) is 3. The lowest BCUT2D eigenvalue weighted by Crippen LogP contribution is -2.16. The molecule has 3 heteroatoms. The van der Waals surface area contributed by atoms with Gasteiger partial charge in [0, 0.05) is 31.5 Å². The highest BCUT2D eigenvalue weighted by Crippen LogP contribution is 2.19. The van der Waals surface area contributed by atoms with E-state index in [0.717, 1.165) is 18.5 Å². The summed E-state index contributed by atoms with van der Waals surface area (Å²) in [6, 6.07) is 16.3. The van der Waals surface area contributed by atoms with E-state index in [0.29, 0.717) is 11.8 Å². The normalized spacial score (nSPS) is 12.0. The molecule has 0 aliphatic heterocycles. The molecule has 2 rings (SSSR count). The Balaban J connectivity index is 1.88. The molecule has 3 nitrogen and oxygen atoms in total. The number of nitrogens with zero attached hydrogens (tertiary/aromatic N) is 1. The highest BCUT2D eigenvalue weighted by Gasteiger charge is 2.04. The highest BCUT2D eigenvalue weighted by atomic mass is 16.3. The maximum absolute atomic E-state index is 9.28. The Hall–Kier alpha value is -2.16. The van der Waals surface area contributed by atoms with Crippen LogP contribution in [0.4, 0.5) is 11.4 Å². The molecule has 0 saturated heterocycles. The van der Waals surface area contributed by atoms with Crippen LogP contribution in [0.15, 0.2) is 48.5 Å². The molecule has 2 N–H and O–H groups in total. The zero-order valence-corrected chi connectivity index (χ0v) is 13.0. The third-order valence-corrected chi connectivity index (χ3v) is 3.58. The molecule has 21 heavy (non-hydrogen) atoms. The molecule has 0 aliphatic rings. The Morgan fingerprint density at radius 1 is 1.10 bits per heavy atom. The van der Waals surface area contributed by atoms with Gasteiger partial charge >= 0.3 is 0 Å². The second-order valence-corrected chi connectivity index (χ2v) is 5.70. The van der Waals surface area contributed by atoms with Crippen molar-refractivity contribution in [3.63, 3.8) is 0 Å². The quantitative estimate of drug-likeness (QED) is 0.844. The summed E-state index contributed by atoms with van der Waals surface area (Å²) in [4.78, 5) is 2.10. The molecule has 0 bridgehead atoms. The van der Waals surface area contributed by atoms with Crippen LogP contribution in [-0.4, -0.2) is 25.2 Å². The van der Waals surface area contributed by atoms with Gasteiger partial charge in [-0.1, -0.05) is 18.2 Å². The zero-order chi connectivity index (χ0) is 15.2. The van der Waals surface area contributed by atoms with Crippen LogP contribution < -0.4 is 10.2 Å². The topological polar surface area (TPSA) is 35.5 Å². The lowest BCUT2D eigenvalue weighted by Gasteiger charge is -2.18. The monoisotopic (exact) mass is 284 g/mol. The van der Waals surface area contributed by atoms with Crippen molar-refractivity contribution in [1.82, 2.24) is 0 Å². The van der Waals surface area contributed by atoms with Crippen molar-refractivity contribution in [2.45, 2.75) is 25.8 Å². The van der Waals surface area contributed by atoms with Gasteiger partial charge in [-0.25, -0.2) is 0 Å². The number of phenolic OH excluding ortho intramolecular Hbond substituents is 1. The van der Waals surface area contributed by atoms with E-state index >= 15 is 0 Å². The molecule has 0 amide bonds. The van der Waals surface area contributed by atoms with Crippen molar-refractivity contribution in [3.8, 4) is 5.75 Å². The number of aryl methyl sites for hydroxylation is 1. The first kappa shape index (κ1) is 15.2. The van der Waals surface area contributed by atoms with Crippen molar-refractivity contribution >= 4 is 11.4 Å². The van der Waals surface area contributed by atoms with Crippen LogP contribution in [0.1, 0.15) is 18.9 Å². The van der Waals surface area contributed by atoms with E-state index in [9.17, 15) is 5.11 Å². The lowest BCUT2D eigenvalue weighted by molar-refractivity contribution is 0.475. The maximum atomic E-state index is 9.28. The Kier molecular flexibility index (Phi) is 5.09. The molecule has 0 heterocycles. The van der Waals surface area contributed by atoms with Gasteiger partial charge in [0.15, 0.2) is 0 Å². The van der Waals surface area contributed by atoms with Gasteiger partial charge < -0.3 is 15.3 Å². The second-order valence-electron chi connectivity index (χ2n) is 5.70. The first-order chi connectivity index (χ1) is 10.0. The zero-order valence-electron chi connectivity index (χ0n) is 13.0. The molecule has 0 aliphatic carbocycles. The van der Waals surface area contributed by atoms with E-state index in [-0.39, 0.29) is 0 Å². The number of anilines is 2. The van der Waals surface area contributed by atoms with Crippen molar-refractivity contribution in [3.05, 3.63) is 54.1 Å². The smallest absolute Gasteiger partial charge is 0.115 e. The van der Waals surface area contributed by atoms with Gasteiger partial charge in [-0.15, -0.1) is 0 Å². The summed E-state index contributed by atoms with van der Waals surface area (Å²) in [5, 5.41) is 12.8. The standard InChI is InChI=1S/C18H24N2O/c1-14(7-8-15-9-11-18(21)12-10-15)19-16-5-4-6-17(13-16)20(2)3/h4-6,9-14,19,21H,7-8H2,1-3H3. The van der Waals surface area contributed by atoms with Crippen molar-refractivity contribution in [2.24, 2.45) is 0 Å². The molecule has 0 radical (unpaired) electrons. The van der Waals surface area contributed by atoms with Crippen molar-refractivity contribution in [2.75, 3.05) is 24.3 Å². The highest BCUT2D eigenvalue weighted by molar-refractivity contribution is 5.57. The van der Waals surface area contributed by atoms with Gasteiger partial charge in [0.25, 0.3) is 0 Å². The molecule has 0 saturated carbocycles. The molecule has 2 aromatic rings. The summed E-state index contributed by atoms with van der Waals surface area (Å²) in [6.45, 7) is 2.20. The Labute approximate surface area is 127 Å². The minimum Gasteiger partial charge on any atom is -0.508 e. The maximum Gasteiger partial charge on any atom is 0.115 e. The third kappa shape index (κ3) is 4.71.